The Bertz CT molecular complexity index is 876. The summed E-state index contributed by atoms with van der Waals surface area (Å²) in [4.78, 5) is 18.1. The fourth-order valence-corrected chi connectivity index (χ4v) is 3.59. The van der Waals surface area contributed by atoms with Crippen molar-refractivity contribution in [3.8, 4) is 5.75 Å². The molecule has 148 valence electrons. The number of rotatable bonds is 7. The zero-order valence-electron chi connectivity index (χ0n) is 15.2. The number of hydrogen-bond acceptors (Lipinski definition) is 5. The SMILES string of the molecule is CN1C(N)=NC(c2ccccc2)(c2ccc(OC(F)F)c(CCF)c2)[C@H]1C=O. The van der Waals surface area contributed by atoms with Gasteiger partial charge in [0.15, 0.2) is 5.96 Å². The summed E-state index contributed by atoms with van der Waals surface area (Å²) in [6.45, 7) is -3.77. The lowest BCUT2D eigenvalue weighted by atomic mass is 9.77. The molecule has 1 unspecified atom stereocenters. The van der Waals surface area contributed by atoms with Gasteiger partial charge in [0.2, 0.25) is 0 Å². The molecule has 0 fully saturated rings. The van der Waals surface area contributed by atoms with E-state index in [0.29, 0.717) is 11.1 Å². The van der Waals surface area contributed by atoms with Crippen molar-refractivity contribution in [1.29, 1.82) is 0 Å². The number of benzene rings is 2. The van der Waals surface area contributed by atoms with E-state index in [0.717, 1.165) is 6.29 Å². The van der Waals surface area contributed by atoms with Crippen molar-refractivity contribution >= 4 is 12.2 Å². The number of likely N-dealkylation sites (N-methyl/N-ethyl adjacent to an activating group) is 1. The summed E-state index contributed by atoms with van der Waals surface area (Å²) in [5, 5.41) is 0. The number of carbonyl (C=O) groups excluding carboxylic acids is 1. The van der Waals surface area contributed by atoms with Crippen LogP contribution in [0.4, 0.5) is 13.2 Å². The summed E-state index contributed by atoms with van der Waals surface area (Å²) in [5.74, 6) is 0.0615. The molecular formula is C20H20F3N3O2. The number of carbonyl (C=O) groups is 1. The van der Waals surface area contributed by atoms with E-state index in [2.05, 4.69) is 9.73 Å². The van der Waals surface area contributed by atoms with Gasteiger partial charge in [-0.25, -0.2) is 4.99 Å². The first-order chi connectivity index (χ1) is 13.4. The first-order valence-electron chi connectivity index (χ1n) is 8.67. The van der Waals surface area contributed by atoms with Gasteiger partial charge >= 0.3 is 6.61 Å². The number of aryl methyl sites for hydroxylation is 1. The van der Waals surface area contributed by atoms with E-state index in [4.69, 9.17) is 5.73 Å². The minimum absolute atomic E-state index is 0.106. The third-order valence-electron chi connectivity index (χ3n) is 4.92. The van der Waals surface area contributed by atoms with Crippen molar-refractivity contribution in [1.82, 2.24) is 4.90 Å². The number of nitrogens with zero attached hydrogens (tertiary/aromatic N) is 2. The predicted octanol–water partition coefficient (Wildman–Crippen LogP) is 2.87. The van der Waals surface area contributed by atoms with E-state index < -0.39 is 24.9 Å². The maximum atomic E-state index is 13.0. The van der Waals surface area contributed by atoms with Crippen molar-refractivity contribution < 1.29 is 22.7 Å². The minimum atomic E-state index is -3.03. The van der Waals surface area contributed by atoms with Crippen LogP contribution in [0.15, 0.2) is 53.5 Å². The molecule has 3 rings (SSSR count). The van der Waals surface area contributed by atoms with E-state index in [1.165, 1.54) is 6.07 Å². The fourth-order valence-electron chi connectivity index (χ4n) is 3.59. The molecule has 0 saturated heterocycles. The zero-order chi connectivity index (χ0) is 20.3. The summed E-state index contributed by atoms with van der Waals surface area (Å²) in [7, 11) is 1.65. The van der Waals surface area contributed by atoms with Gasteiger partial charge in [0.05, 0.1) is 6.67 Å². The number of ether oxygens (including phenoxy) is 1. The van der Waals surface area contributed by atoms with Crippen LogP contribution in [-0.2, 0) is 16.8 Å². The predicted molar refractivity (Wildman–Crippen MR) is 99.2 cm³/mol. The second kappa shape index (κ2) is 7.92. The van der Waals surface area contributed by atoms with Crippen LogP contribution in [0.1, 0.15) is 16.7 Å². The summed E-state index contributed by atoms with van der Waals surface area (Å²) in [6, 6.07) is 12.8. The molecule has 2 atom stereocenters. The van der Waals surface area contributed by atoms with Gasteiger partial charge in [-0.1, -0.05) is 36.4 Å². The maximum absolute atomic E-state index is 13.0. The lowest BCUT2D eigenvalue weighted by molar-refractivity contribution is -0.112. The van der Waals surface area contributed by atoms with E-state index in [9.17, 15) is 18.0 Å². The summed E-state index contributed by atoms with van der Waals surface area (Å²) in [6.07, 6.45) is 0.635. The Labute approximate surface area is 160 Å². The number of aldehydes is 1. The van der Waals surface area contributed by atoms with Gasteiger partial charge in [0.25, 0.3) is 0 Å². The molecule has 1 aliphatic heterocycles. The van der Waals surface area contributed by atoms with Crippen molar-refractivity contribution in [2.45, 2.75) is 24.6 Å². The molecule has 28 heavy (non-hydrogen) atoms. The van der Waals surface area contributed by atoms with Crippen LogP contribution in [0.25, 0.3) is 0 Å². The minimum Gasteiger partial charge on any atom is -0.435 e. The fraction of sp³-hybridized carbons (Fsp3) is 0.300. The Kier molecular flexibility index (Phi) is 5.58. The Morgan fingerprint density at radius 2 is 1.96 bits per heavy atom. The molecule has 5 nitrogen and oxygen atoms in total. The van der Waals surface area contributed by atoms with Gasteiger partial charge in [-0.2, -0.15) is 8.78 Å². The van der Waals surface area contributed by atoms with Crippen LogP contribution in [0, 0.1) is 0 Å². The molecule has 0 aliphatic carbocycles. The molecule has 0 aromatic heterocycles. The van der Waals surface area contributed by atoms with Crippen molar-refractivity contribution in [3.05, 3.63) is 65.2 Å². The molecular weight excluding hydrogens is 371 g/mol. The molecule has 0 spiro atoms. The topological polar surface area (TPSA) is 67.9 Å². The Morgan fingerprint density at radius 3 is 2.57 bits per heavy atom. The van der Waals surface area contributed by atoms with Crippen LogP contribution in [0.2, 0.25) is 0 Å². The summed E-state index contributed by atoms with van der Waals surface area (Å²) >= 11 is 0. The van der Waals surface area contributed by atoms with Crippen LogP contribution in [0.5, 0.6) is 5.75 Å². The standard InChI is InChI=1S/C20H20F3N3O2/c1-26-17(12-27)20(25-19(26)24,14-5-3-2-4-6-14)15-7-8-16(28-18(22)23)13(11-15)9-10-21/h2-8,11-12,17-18H,9-10H2,1H3,(H2,24,25)/t17-,20?/m1/s1. The second-order valence-corrected chi connectivity index (χ2v) is 6.43. The summed E-state index contributed by atoms with van der Waals surface area (Å²) in [5.41, 5.74) is 6.34. The number of alkyl halides is 3. The highest BCUT2D eigenvalue weighted by Gasteiger charge is 2.49. The zero-order valence-corrected chi connectivity index (χ0v) is 15.2. The van der Waals surface area contributed by atoms with Crippen molar-refractivity contribution in [2.75, 3.05) is 13.7 Å². The molecule has 1 aliphatic rings. The first kappa shape index (κ1) is 19.7. The number of nitrogens with two attached hydrogens (primary N) is 1. The average molecular weight is 391 g/mol. The molecule has 2 aromatic carbocycles. The highest BCUT2D eigenvalue weighted by molar-refractivity contribution is 5.87. The smallest absolute Gasteiger partial charge is 0.387 e. The molecule has 1 heterocycles. The third kappa shape index (κ3) is 3.30. The Balaban J connectivity index is 2.23. The van der Waals surface area contributed by atoms with Crippen LogP contribution in [0.3, 0.4) is 0 Å². The van der Waals surface area contributed by atoms with Gasteiger partial charge < -0.3 is 20.2 Å². The first-order valence-corrected chi connectivity index (χ1v) is 8.67. The molecule has 0 bridgehead atoms. The largest absolute Gasteiger partial charge is 0.435 e. The molecule has 0 saturated carbocycles. The normalized spacial score (nSPS) is 21.7. The molecule has 0 radical (unpaired) electrons. The van der Waals surface area contributed by atoms with Crippen LogP contribution < -0.4 is 10.5 Å². The lowest BCUT2D eigenvalue weighted by Crippen LogP contribution is -2.46. The number of guanidine groups is 1. The molecule has 0 amide bonds. The lowest BCUT2D eigenvalue weighted by Gasteiger charge is -2.34. The van der Waals surface area contributed by atoms with E-state index in [1.807, 2.05) is 18.2 Å². The second-order valence-electron chi connectivity index (χ2n) is 6.43. The third-order valence-corrected chi connectivity index (χ3v) is 4.92. The quantitative estimate of drug-likeness (QED) is 0.737. The summed E-state index contributed by atoms with van der Waals surface area (Å²) < 4.78 is 42.9. The monoisotopic (exact) mass is 391 g/mol. The van der Waals surface area contributed by atoms with Gasteiger partial charge in [0, 0.05) is 13.5 Å². The van der Waals surface area contributed by atoms with Gasteiger partial charge in [-0.15, -0.1) is 0 Å². The molecule has 2 aromatic rings. The maximum Gasteiger partial charge on any atom is 0.387 e. The molecule has 8 heteroatoms. The van der Waals surface area contributed by atoms with Gasteiger partial charge in [-0.3, -0.25) is 4.39 Å². The van der Waals surface area contributed by atoms with E-state index in [1.54, 1.807) is 36.2 Å². The van der Waals surface area contributed by atoms with Crippen LogP contribution >= 0.6 is 0 Å². The van der Waals surface area contributed by atoms with Crippen molar-refractivity contribution in [2.24, 2.45) is 10.7 Å². The number of hydrogen-bond donors (Lipinski definition) is 1. The Morgan fingerprint density at radius 1 is 1.25 bits per heavy atom. The van der Waals surface area contributed by atoms with E-state index >= 15 is 0 Å². The van der Waals surface area contributed by atoms with Gasteiger partial charge in [-0.05, 0) is 28.8 Å². The number of aliphatic imine (C=N–C) groups is 1. The van der Waals surface area contributed by atoms with Gasteiger partial charge in [0.1, 0.15) is 23.6 Å². The Hall–Kier alpha value is -3.03. The number of halogens is 3. The van der Waals surface area contributed by atoms with Crippen LogP contribution in [-0.4, -0.2) is 43.5 Å². The van der Waals surface area contributed by atoms with Crippen molar-refractivity contribution in [3.63, 3.8) is 0 Å². The average Bonchev–Trinajstić information content (AvgIpc) is 2.95. The highest BCUT2D eigenvalue weighted by Crippen LogP contribution is 2.43. The molecule has 2 N–H and O–H groups in total. The highest BCUT2D eigenvalue weighted by atomic mass is 19.3. The van der Waals surface area contributed by atoms with E-state index in [-0.39, 0.29) is 23.7 Å².